The van der Waals surface area contributed by atoms with Crippen LogP contribution in [0, 0.1) is 0 Å². The Kier molecular flexibility index (Phi) is 52.3. The summed E-state index contributed by atoms with van der Waals surface area (Å²) in [5.41, 5.74) is 0.765. The molecule has 0 fully saturated rings. The van der Waals surface area contributed by atoms with Gasteiger partial charge in [-0.3, -0.25) is 45.2 Å². The van der Waals surface area contributed by atoms with Crippen molar-refractivity contribution >= 4 is 78.1 Å². The summed E-state index contributed by atoms with van der Waals surface area (Å²) < 4.78 is 159. The first-order chi connectivity index (χ1) is 65.7. The minimum Gasteiger partial charge on any atom is -0.427 e. The molecule has 10 aromatic rings. The van der Waals surface area contributed by atoms with E-state index in [9.17, 15) is 0 Å². The summed E-state index contributed by atoms with van der Waals surface area (Å²) in [6.07, 6.45) is -4.10. The predicted octanol–water partition coefficient (Wildman–Crippen LogP) is 26.3. The van der Waals surface area contributed by atoms with E-state index in [0.717, 1.165) is 0 Å². The van der Waals surface area contributed by atoms with Crippen LogP contribution in [0.3, 0.4) is 0 Å². The van der Waals surface area contributed by atoms with Crippen molar-refractivity contribution in [1.82, 2.24) is 0 Å². The van der Waals surface area contributed by atoms with E-state index in [-0.39, 0.29) is 99.9 Å². The molecule has 10 aromatic carbocycles. The summed E-state index contributed by atoms with van der Waals surface area (Å²) in [6, 6.07) is 97.1. The first-order valence-corrected chi connectivity index (χ1v) is 55.2. The number of hydrogen-bond acceptors (Lipinski definition) is 25. The lowest BCUT2D eigenvalue weighted by Gasteiger charge is -2.33. The Balaban J connectivity index is 0.645. The molecule has 0 amide bonds. The lowest BCUT2D eigenvalue weighted by atomic mass is 10.3. The van der Waals surface area contributed by atoms with Crippen molar-refractivity contribution in [3.8, 4) is 46.0 Å². The van der Waals surface area contributed by atoms with Crippen LogP contribution in [-0.2, 0) is 78.4 Å². The van der Waals surface area contributed by atoms with Gasteiger partial charge in [-0.15, -0.1) is 0 Å². The van der Waals surface area contributed by atoms with Crippen LogP contribution in [0.1, 0.15) is 96.9 Å². The topological polar surface area (TPSA) is 231 Å². The molecule has 0 aliphatic carbocycles. The van der Waals surface area contributed by atoms with Crippen LogP contribution < -0.4 is 46.8 Å². The molecular weight excluding hydrogens is 1870 g/mol. The Hall–Kier alpha value is -6.64. The van der Waals surface area contributed by atoms with E-state index in [1.165, 1.54) is 10.6 Å². The second-order valence-electron chi connectivity index (χ2n) is 32.4. The zero-order chi connectivity index (χ0) is 95.4. The fourth-order valence-corrected chi connectivity index (χ4v) is 25.5. The van der Waals surface area contributed by atoms with E-state index in [2.05, 4.69) is 88.4 Å². The maximum Gasteiger partial charge on any atom is 0.463 e. The summed E-state index contributed by atoms with van der Waals surface area (Å²) in [5.74, 6) is 4.97. The molecule has 10 rings (SSSR count). The Labute approximate surface area is 810 Å². The van der Waals surface area contributed by atoms with Crippen molar-refractivity contribution < 1.29 is 115 Å². The van der Waals surface area contributed by atoms with Crippen LogP contribution in [0.25, 0.3) is 0 Å². The zero-order valence-electron chi connectivity index (χ0n) is 79.6. The van der Waals surface area contributed by atoms with Crippen molar-refractivity contribution in [3.05, 3.63) is 303 Å². The molecule has 0 saturated carbocycles. The highest BCUT2D eigenvalue weighted by Gasteiger charge is 2.34. The lowest BCUT2D eigenvalue weighted by Crippen LogP contribution is -2.29. The monoisotopic (exact) mass is 2010 g/mol. The quantitative estimate of drug-likeness (QED) is 0.0322. The second kappa shape index (κ2) is 63.9. The maximum absolute atomic E-state index is 6.84. The molecule has 25 nitrogen and oxygen atoms in total. The molecule has 135 heavy (non-hydrogen) atoms. The smallest absolute Gasteiger partial charge is 0.427 e. The molecule has 0 saturated heterocycles. The van der Waals surface area contributed by atoms with Crippen LogP contribution in [0.15, 0.2) is 303 Å². The summed E-state index contributed by atoms with van der Waals surface area (Å²) in [6.45, 7) is 33.0. The Morgan fingerprint density at radius 3 is 0.422 bits per heavy atom. The fraction of sp³-hybridized carbons (Fsp3) is 0.412. The third-order valence-corrected chi connectivity index (χ3v) is 33.4. The van der Waals surface area contributed by atoms with Crippen molar-refractivity contribution in [2.45, 2.75) is 181 Å². The molecule has 732 valence electrons. The van der Waals surface area contributed by atoms with E-state index in [4.69, 9.17) is 115 Å². The van der Waals surface area contributed by atoms with E-state index >= 15 is 0 Å². The predicted molar refractivity (Wildman–Crippen MR) is 543 cm³/mol. The number of ether oxygens (including phenoxy) is 7. The first-order valence-electron chi connectivity index (χ1n) is 45.7. The van der Waals surface area contributed by atoms with Crippen LogP contribution in [0.5, 0.6) is 46.0 Å². The molecule has 20 unspecified atom stereocenters. The van der Waals surface area contributed by atoms with Gasteiger partial charge >= 0.3 is 51.6 Å². The Morgan fingerprint density at radius 1 is 0.148 bits per heavy atom. The highest BCUT2D eigenvalue weighted by atomic mass is 31.2. The highest BCUT2D eigenvalue weighted by Crippen LogP contribution is 2.52. The minimum absolute atomic E-state index is 0.176. The Bertz CT molecular complexity index is 4270. The van der Waals surface area contributed by atoms with Gasteiger partial charge in [-0.05, 0) is 177 Å². The van der Waals surface area contributed by atoms with Crippen molar-refractivity contribution in [2.24, 2.45) is 0 Å². The summed E-state index contributed by atoms with van der Waals surface area (Å²) >= 11 is 0. The number of rotatable bonds is 70. The summed E-state index contributed by atoms with van der Waals surface area (Å²) in [4.78, 5) is 0. The average Bonchev–Trinajstić information content (AvgIpc) is 0.837. The van der Waals surface area contributed by atoms with Crippen LogP contribution in [0.4, 0.5) is 0 Å². The van der Waals surface area contributed by atoms with E-state index in [1.54, 1.807) is 0 Å². The van der Waals surface area contributed by atoms with Gasteiger partial charge in [-0.1, -0.05) is 250 Å². The van der Waals surface area contributed by atoms with Crippen molar-refractivity contribution in [3.63, 3.8) is 0 Å². The van der Waals surface area contributed by atoms with Gasteiger partial charge in [-0.2, -0.15) is 0 Å². The maximum atomic E-state index is 6.84. The average molecular weight is 2010 g/mol. The number of hydrogen-bond donors (Lipinski definition) is 0. The van der Waals surface area contributed by atoms with Gasteiger partial charge in [0.25, 0.3) is 0 Å². The lowest BCUT2D eigenvalue weighted by molar-refractivity contribution is -0.00781. The van der Waals surface area contributed by atoms with Crippen LogP contribution >= 0.6 is 67.5 Å². The molecule has 0 aliphatic rings. The molecule has 0 heterocycles. The van der Waals surface area contributed by atoms with Gasteiger partial charge in [0, 0.05) is 22.6 Å². The van der Waals surface area contributed by atoms with Crippen LogP contribution in [0.2, 0.25) is 0 Å². The SMILES string of the molecule is CC(COCC(C)OP(Oc1ccccc1)OC(C)COCC(C)OP(Oc1ccccc1)OC(C)COCC(C)P(c1ccccc1)C(C)COCC(C)P(c1ccccc1)C(C)COCC(C)OP(Oc1ccccc1)OC(C)COCC(C)OP(Oc1ccccc1)OC(C)COCC(C)OP(Oc1ccccc1)Oc1ccccc1)OP(Oc1ccccc1)Oc1ccccc1. The van der Waals surface area contributed by atoms with Crippen molar-refractivity contribution in [2.75, 3.05) is 92.5 Å². The third kappa shape index (κ3) is 44.8. The molecule has 0 spiro atoms. The summed E-state index contributed by atoms with van der Waals surface area (Å²) in [5, 5.41) is 2.59. The fourth-order valence-electron chi connectivity index (χ4n) is 12.9. The molecule has 0 aliphatic heterocycles. The highest BCUT2D eigenvalue weighted by molar-refractivity contribution is 7.67. The van der Waals surface area contributed by atoms with Crippen LogP contribution in [-0.4, -0.2) is 176 Å². The first kappa shape index (κ1) is 110. The van der Waals surface area contributed by atoms with Gasteiger partial charge < -0.3 is 69.3 Å². The van der Waals surface area contributed by atoms with Gasteiger partial charge in [0.2, 0.25) is 0 Å². The van der Waals surface area contributed by atoms with E-state index in [0.29, 0.717) is 85.6 Å². The van der Waals surface area contributed by atoms with Gasteiger partial charge in [-0.25, -0.2) is 0 Å². The minimum atomic E-state index is -1.91. The van der Waals surface area contributed by atoms with Gasteiger partial charge in [0.1, 0.15) is 46.0 Å². The molecule has 0 N–H and O–H groups in total. The third-order valence-electron chi connectivity index (χ3n) is 19.0. The largest absolute Gasteiger partial charge is 0.463 e. The number of benzene rings is 10. The molecule has 20 atom stereocenters. The zero-order valence-corrected chi connectivity index (χ0v) is 86.8. The second-order valence-corrected chi connectivity index (χ2v) is 44.8. The van der Waals surface area contributed by atoms with E-state index in [1.807, 2.05) is 312 Å². The molecule has 0 bridgehead atoms. The molecule has 0 aromatic heterocycles. The molecule has 0 radical (unpaired) electrons. The number of para-hydroxylation sites is 8. The molecular formula is C102H134O25P8. The van der Waals surface area contributed by atoms with E-state index < -0.39 is 104 Å². The Morgan fingerprint density at radius 2 is 0.267 bits per heavy atom. The van der Waals surface area contributed by atoms with Gasteiger partial charge in [0.05, 0.1) is 154 Å². The standard InChI is InChI=1S/C102H134O25P8/c1-79(110-130(120-93-45-25-15-26-46-93)112-83(5)69-105-71-85(7)118-134(124-97-53-33-19-34-54-97)125-98-55-35-20-36-56-98)65-103-67-81(3)114-132(122-95-49-29-17-30-50-95)116-87(9)73-107-75-89(11)128(101-61-41-23-42-62-101)91(13)77-109-78-92(14)129(102-63-43-24-44-64-102)90(12)76-108-74-88(10)117-133(123-96-51-31-18-32-52-96)115-82(4)68-104-66-80(2)111-131(121-94-47-27-16-28-48-94)113-84(6)70-106-72-86(8)119-135(126-99-57-37-21-38-58-99)127-100-59-39-22-40-60-100/h15-64,79-92H,65-78H2,1-14H3. The molecule has 33 heteroatoms. The van der Waals surface area contributed by atoms with Gasteiger partial charge in [0.15, 0.2) is 0 Å². The normalized spacial score (nSPS) is 16.2. The summed E-state index contributed by atoms with van der Waals surface area (Å²) in [7, 11) is -12.7. The van der Waals surface area contributed by atoms with Crippen molar-refractivity contribution in [1.29, 1.82) is 0 Å².